The Morgan fingerprint density at radius 3 is 2.60 bits per heavy atom. The fourth-order valence-corrected chi connectivity index (χ4v) is 2.58. The number of carbonyl (C=O) groups is 1. The number of carbonyl (C=O) groups excluding carboxylic acids is 1. The highest BCUT2D eigenvalue weighted by molar-refractivity contribution is 5.84. The maximum atomic E-state index is 12.4. The number of aryl methyl sites for hydroxylation is 1. The maximum absolute atomic E-state index is 12.4. The molecular formula is C16H23NO3. The molecule has 1 aromatic carbocycles. The van der Waals surface area contributed by atoms with Crippen molar-refractivity contribution in [3.8, 4) is 5.75 Å². The van der Waals surface area contributed by atoms with Crippen LogP contribution in [-0.2, 0) is 21.5 Å². The standard InChI is InChI=1S/C16H23NO3/c1-4-11-6-9-14(19-3)13(10-11)16(17,12-7-8-12)15(18)20-5-2/h6,9-10,12H,4-5,7-8,17H2,1-3H3. The highest BCUT2D eigenvalue weighted by Gasteiger charge is 2.52. The molecule has 0 aliphatic heterocycles. The molecule has 4 nitrogen and oxygen atoms in total. The summed E-state index contributed by atoms with van der Waals surface area (Å²) in [5.74, 6) is 0.446. The molecule has 2 N–H and O–H groups in total. The quantitative estimate of drug-likeness (QED) is 0.811. The minimum atomic E-state index is -1.09. The Balaban J connectivity index is 2.50. The molecule has 110 valence electrons. The van der Waals surface area contributed by atoms with Gasteiger partial charge in [-0.1, -0.05) is 13.0 Å². The van der Waals surface area contributed by atoms with Crippen LogP contribution in [0.5, 0.6) is 5.75 Å². The van der Waals surface area contributed by atoms with Crippen LogP contribution < -0.4 is 10.5 Å². The van der Waals surface area contributed by atoms with Crippen molar-refractivity contribution in [3.63, 3.8) is 0 Å². The molecule has 2 rings (SSSR count). The van der Waals surface area contributed by atoms with Crippen LogP contribution in [0.15, 0.2) is 18.2 Å². The van der Waals surface area contributed by atoms with E-state index in [4.69, 9.17) is 15.2 Å². The third-order valence-corrected chi connectivity index (χ3v) is 3.95. The number of hydrogen-bond acceptors (Lipinski definition) is 4. The normalized spacial score (nSPS) is 17.4. The van der Waals surface area contributed by atoms with E-state index in [0.29, 0.717) is 12.4 Å². The van der Waals surface area contributed by atoms with E-state index < -0.39 is 5.54 Å². The molecule has 0 heterocycles. The molecule has 1 unspecified atom stereocenters. The summed E-state index contributed by atoms with van der Waals surface area (Å²) in [7, 11) is 1.60. The van der Waals surface area contributed by atoms with Crippen molar-refractivity contribution in [1.29, 1.82) is 0 Å². The highest BCUT2D eigenvalue weighted by atomic mass is 16.5. The highest BCUT2D eigenvalue weighted by Crippen LogP contribution is 2.47. The largest absolute Gasteiger partial charge is 0.496 e. The van der Waals surface area contributed by atoms with Crippen LogP contribution in [0.25, 0.3) is 0 Å². The summed E-state index contributed by atoms with van der Waals surface area (Å²) in [5.41, 5.74) is 7.30. The van der Waals surface area contributed by atoms with E-state index in [0.717, 1.165) is 30.4 Å². The Hall–Kier alpha value is -1.55. The lowest BCUT2D eigenvalue weighted by molar-refractivity contribution is -0.151. The lowest BCUT2D eigenvalue weighted by atomic mass is 9.84. The van der Waals surface area contributed by atoms with Gasteiger partial charge in [-0.05, 0) is 49.8 Å². The van der Waals surface area contributed by atoms with Gasteiger partial charge >= 0.3 is 5.97 Å². The first-order valence-corrected chi connectivity index (χ1v) is 7.21. The Labute approximate surface area is 120 Å². The van der Waals surface area contributed by atoms with E-state index in [2.05, 4.69) is 6.92 Å². The topological polar surface area (TPSA) is 61.5 Å². The van der Waals surface area contributed by atoms with Crippen molar-refractivity contribution < 1.29 is 14.3 Å². The summed E-state index contributed by atoms with van der Waals surface area (Å²) in [5, 5.41) is 0. The van der Waals surface area contributed by atoms with Gasteiger partial charge in [0.25, 0.3) is 0 Å². The molecule has 1 aliphatic carbocycles. The maximum Gasteiger partial charge on any atom is 0.331 e. The zero-order chi connectivity index (χ0) is 14.8. The monoisotopic (exact) mass is 277 g/mol. The van der Waals surface area contributed by atoms with E-state index >= 15 is 0 Å². The molecule has 4 heteroatoms. The predicted molar refractivity (Wildman–Crippen MR) is 77.6 cm³/mol. The molecule has 1 aromatic rings. The zero-order valence-electron chi connectivity index (χ0n) is 12.4. The average molecular weight is 277 g/mol. The van der Waals surface area contributed by atoms with Gasteiger partial charge in [0.2, 0.25) is 0 Å². The Kier molecular flexibility index (Phi) is 4.33. The van der Waals surface area contributed by atoms with Gasteiger partial charge in [-0.3, -0.25) is 0 Å². The Morgan fingerprint density at radius 2 is 2.10 bits per heavy atom. The third kappa shape index (κ3) is 2.52. The molecule has 0 spiro atoms. The minimum absolute atomic E-state index is 0.141. The number of nitrogens with two attached hydrogens (primary N) is 1. The van der Waals surface area contributed by atoms with Crippen molar-refractivity contribution >= 4 is 5.97 Å². The summed E-state index contributed by atoms with van der Waals surface area (Å²) in [6.07, 6.45) is 2.80. The SMILES string of the molecule is CCOC(=O)C(N)(c1cc(CC)ccc1OC)C1CC1. The second-order valence-electron chi connectivity index (χ2n) is 5.25. The minimum Gasteiger partial charge on any atom is -0.496 e. The molecule has 1 atom stereocenters. The van der Waals surface area contributed by atoms with Crippen LogP contribution in [0.1, 0.15) is 37.8 Å². The van der Waals surface area contributed by atoms with Gasteiger partial charge in [0.1, 0.15) is 11.3 Å². The number of methoxy groups -OCH3 is 1. The van der Waals surface area contributed by atoms with Crippen LogP contribution in [0.4, 0.5) is 0 Å². The molecule has 0 aromatic heterocycles. The van der Waals surface area contributed by atoms with E-state index in [9.17, 15) is 4.79 Å². The van der Waals surface area contributed by atoms with Crippen molar-refractivity contribution in [3.05, 3.63) is 29.3 Å². The summed E-state index contributed by atoms with van der Waals surface area (Å²) in [4.78, 5) is 12.4. The summed E-state index contributed by atoms with van der Waals surface area (Å²) in [6, 6.07) is 5.87. The van der Waals surface area contributed by atoms with Crippen molar-refractivity contribution in [2.24, 2.45) is 11.7 Å². The fraction of sp³-hybridized carbons (Fsp3) is 0.562. The van der Waals surface area contributed by atoms with E-state index in [1.54, 1.807) is 14.0 Å². The molecule has 0 amide bonds. The van der Waals surface area contributed by atoms with Crippen LogP contribution >= 0.6 is 0 Å². The number of benzene rings is 1. The molecule has 0 radical (unpaired) electrons. The van der Waals surface area contributed by atoms with E-state index in [-0.39, 0.29) is 11.9 Å². The Bertz CT molecular complexity index is 496. The fourth-order valence-electron chi connectivity index (χ4n) is 2.58. The molecule has 0 saturated heterocycles. The van der Waals surface area contributed by atoms with E-state index in [1.807, 2.05) is 18.2 Å². The van der Waals surface area contributed by atoms with Gasteiger partial charge in [-0.15, -0.1) is 0 Å². The van der Waals surface area contributed by atoms with Crippen LogP contribution in [0.3, 0.4) is 0 Å². The van der Waals surface area contributed by atoms with Crippen LogP contribution in [0.2, 0.25) is 0 Å². The lowest BCUT2D eigenvalue weighted by Gasteiger charge is -2.29. The molecule has 1 saturated carbocycles. The predicted octanol–water partition coefficient (Wildman–Crippen LogP) is 2.38. The first-order chi connectivity index (χ1) is 9.57. The van der Waals surface area contributed by atoms with Crippen molar-refractivity contribution in [2.75, 3.05) is 13.7 Å². The second kappa shape index (κ2) is 5.83. The molecular weight excluding hydrogens is 254 g/mol. The first kappa shape index (κ1) is 14.9. The summed E-state index contributed by atoms with van der Waals surface area (Å²) in [6.45, 7) is 4.20. The van der Waals surface area contributed by atoms with Gasteiger partial charge in [-0.25, -0.2) is 4.79 Å². The van der Waals surface area contributed by atoms with Gasteiger partial charge in [0, 0.05) is 5.56 Å². The smallest absolute Gasteiger partial charge is 0.331 e. The van der Waals surface area contributed by atoms with Gasteiger partial charge < -0.3 is 15.2 Å². The molecule has 1 aliphatic rings. The van der Waals surface area contributed by atoms with Crippen LogP contribution in [-0.4, -0.2) is 19.7 Å². The van der Waals surface area contributed by atoms with E-state index in [1.165, 1.54) is 0 Å². The number of rotatable bonds is 6. The average Bonchev–Trinajstić information content (AvgIpc) is 3.30. The van der Waals surface area contributed by atoms with Crippen molar-refractivity contribution in [2.45, 2.75) is 38.6 Å². The second-order valence-corrected chi connectivity index (χ2v) is 5.25. The van der Waals surface area contributed by atoms with Crippen molar-refractivity contribution in [1.82, 2.24) is 0 Å². The molecule has 1 fully saturated rings. The number of esters is 1. The third-order valence-electron chi connectivity index (χ3n) is 3.95. The Morgan fingerprint density at radius 1 is 1.40 bits per heavy atom. The van der Waals surface area contributed by atoms with Gasteiger partial charge in [0.15, 0.2) is 0 Å². The lowest BCUT2D eigenvalue weighted by Crippen LogP contribution is -2.48. The molecule has 20 heavy (non-hydrogen) atoms. The van der Waals surface area contributed by atoms with Gasteiger partial charge in [-0.2, -0.15) is 0 Å². The summed E-state index contributed by atoms with van der Waals surface area (Å²) >= 11 is 0. The van der Waals surface area contributed by atoms with Gasteiger partial charge in [0.05, 0.1) is 13.7 Å². The zero-order valence-corrected chi connectivity index (χ0v) is 12.4. The number of hydrogen-bond donors (Lipinski definition) is 1. The summed E-state index contributed by atoms with van der Waals surface area (Å²) < 4.78 is 10.6. The molecule has 0 bridgehead atoms. The number of ether oxygens (including phenoxy) is 2. The van der Waals surface area contributed by atoms with Crippen LogP contribution in [0, 0.1) is 5.92 Å². The first-order valence-electron chi connectivity index (χ1n) is 7.21.